The second kappa shape index (κ2) is 9.35. The third-order valence-corrected chi connectivity index (χ3v) is 5.88. The normalized spacial score (nSPS) is 20.0. The number of likely N-dealkylation sites (tertiary alicyclic amines) is 1. The summed E-state index contributed by atoms with van der Waals surface area (Å²) >= 11 is 0. The highest BCUT2D eigenvalue weighted by molar-refractivity contribution is 5.96. The Labute approximate surface area is 176 Å². The fraction of sp³-hybridized carbons (Fsp3) is 0.696. The molecule has 2 aliphatic heterocycles. The van der Waals surface area contributed by atoms with Crippen molar-refractivity contribution in [2.75, 3.05) is 63.1 Å². The van der Waals surface area contributed by atoms with Crippen LogP contribution >= 0.6 is 0 Å². The average Bonchev–Trinajstić information content (AvgIpc) is 2.68. The highest BCUT2D eigenvalue weighted by atomic mass is 16.6. The number of likely N-dealkylation sites (N-methyl/N-ethyl adjacent to an activating group) is 1. The Kier molecular flexibility index (Phi) is 7.06. The number of rotatable bonds is 5. The van der Waals surface area contributed by atoms with Crippen molar-refractivity contribution in [3.63, 3.8) is 0 Å². The van der Waals surface area contributed by atoms with E-state index in [4.69, 9.17) is 4.74 Å². The van der Waals surface area contributed by atoms with E-state index in [2.05, 4.69) is 46.1 Å². The zero-order chi connectivity index (χ0) is 21.0. The first kappa shape index (κ1) is 21.9. The minimum atomic E-state index is -0.503. The summed E-state index contributed by atoms with van der Waals surface area (Å²) in [6.45, 7) is 15.4. The van der Waals surface area contributed by atoms with Crippen molar-refractivity contribution in [2.24, 2.45) is 0 Å². The lowest BCUT2D eigenvalue weighted by Crippen LogP contribution is -2.44. The van der Waals surface area contributed by atoms with Gasteiger partial charge in [-0.3, -0.25) is 0 Å². The van der Waals surface area contributed by atoms with E-state index in [-0.39, 0.29) is 5.97 Å². The Bertz CT molecular complexity index is 685. The predicted octanol–water partition coefficient (Wildman–Crippen LogP) is 3.29. The van der Waals surface area contributed by atoms with Crippen LogP contribution in [0.15, 0.2) is 18.2 Å². The number of benzene rings is 1. The van der Waals surface area contributed by atoms with Crippen molar-refractivity contribution in [1.29, 1.82) is 0 Å². The molecule has 1 aromatic carbocycles. The van der Waals surface area contributed by atoms with Crippen molar-refractivity contribution < 1.29 is 9.53 Å². The number of piperidine rings is 1. The number of carbonyl (C=O) groups excluding carboxylic acids is 1. The first-order valence-corrected chi connectivity index (χ1v) is 11.0. The quantitative estimate of drug-likeness (QED) is 0.763. The van der Waals surface area contributed by atoms with E-state index in [9.17, 15) is 4.79 Å². The molecule has 1 aromatic rings. The summed E-state index contributed by atoms with van der Waals surface area (Å²) in [7, 11) is 2.17. The monoisotopic (exact) mass is 402 g/mol. The molecule has 0 atom stereocenters. The van der Waals surface area contributed by atoms with E-state index in [0.29, 0.717) is 11.6 Å². The van der Waals surface area contributed by atoms with Gasteiger partial charge in [-0.05, 0) is 65.4 Å². The Morgan fingerprint density at radius 3 is 2.34 bits per heavy atom. The zero-order valence-corrected chi connectivity index (χ0v) is 18.8. The Hall–Kier alpha value is -1.79. The van der Waals surface area contributed by atoms with Crippen LogP contribution in [0, 0.1) is 0 Å². The lowest BCUT2D eigenvalue weighted by atomic mass is 10.0. The fourth-order valence-electron chi connectivity index (χ4n) is 4.04. The van der Waals surface area contributed by atoms with Crippen LogP contribution in [-0.2, 0) is 4.74 Å². The number of nitrogens with one attached hydrogen (secondary N) is 1. The van der Waals surface area contributed by atoms with Gasteiger partial charge in [0.2, 0.25) is 0 Å². The zero-order valence-electron chi connectivity index (χ0n) is 18.8. The third kappa shape index (κ3) is 6.09. The van der Waals surface area contributed by atoms with E-state index in [1.165, 1.54) is 5.69 Å². The highest BCUT2D eigenvalue weighted by Crippen LogP contribution is 2.28. The van der Waals surface area contributed by atoms with Crippen molar-refractivity contribution in [1.82, 2.24) is 9.80 Å². The van der Waals surface area contributed by atoms with Gasteiger partial charge >= 0.3 is 5.97 Å². The van der Waals surface area contributed by atoms with Crippen molar-refractivity contribution in [3.8, 4) is 0 Å². The molecule has 2 saturated heterocycles. The van der Waals surface area contributed by atoms with Gasteiger partial charge in [-0.15, -0.1) is 0 Å². The molecule has 2 fully saturated rings. The fourth-order valence-corrected chi connectivity index (χ4v) is 4.04. The van der Waals surface area contributed by atoms with Gasteiger partial charge in [0, 0.05) is 51.0 Å². The molecule has 162 valence electrons. The lowest BCUT2D eigenvalue weighted by molar-refractivity contribution is 0.00706. The molecule has 0 aromatic heterocycles. The highest BCUT2D eigenvalue weighted by Gasteiger charge is 2.25. The van der Waals surface area contributed by atoms with E-state index in [1.807, 2.05) is 26.8 Å². The van der Waals surface area contributed by atoms with Crippen molar-refractivity contribution in [2.45, 2.75) is 52.2 Å². The van der Waals surface area contributed by atoms with Gasteiger partial charge in [0.05, 0.1) is 11.3 Å². The minimum Gasteiger partial charge on any atom is -0.456 e. The van der Waals surface area contributed by atoms with Gasteiger partial charge in [0.25, 0.3) is 0 Å². The van der Waals surface area contributed by atoms with Crippen LogP contribution in [-0.4, -0.2) is 80.3 Å². The molecule has 0 bridgehead atoms. The van der Waals surface area contributed by atoms with E-state index in [1.54, 1.807) is 0 Å². The summed E-state index contributed by atoms with van der Waals surface area (Å²) < 4.78 is 5.68. The Morgan fingerprint density at radius 2 is 1.76 bits per heavy atom. The molecule has 0 unspecified atom stereocenters. The largest absolute Gasteiger partial charge is 0.456 e. The molecule has 0 amide bonds. The van der Waals surface area contributed by atoms with Crippen molar-refractivity contribution >= 4 is 17.3 Å². The lowest BCUT2D eigenvalue weighted by Gasteiger charge is -2.35. The molecule has 3 rings (SSSR count). The van der Waals surface area contributed by atoms with Gasteiger partial charge in [-0.25, -0.2) is 4.79 Å². The van der Waals surface area contributed by atoms with Gasteiger partial charge in [0.1, 0.15) is 5.60 Å². The molecular weight excluding hydrogens is 364 g/mol. The average molecular weight is 403 g/mol. The second-order valence-corrected chi connectivity index (χ2v) is 9.37. The number of hydrogen-bond donors (Lipinski definition) is 1. The molecule has 6 heteroatoms. The number of carbonyl (C=O) groups is 1. The molecular formula is C23H38N4O2. The summed E-state index contributed by atoms with van der Waals surface area (Å²) in [5.74, 6) is -0.254. The molecule has 0 saturated carbocycles. The molecule has 0 aliphatic carbocycles. The Morgan fingerprint density at radius 1 is 1.10 bits per heavy atom. The third-order valence-electron chi connectivity index (χ3n) is 5.88. The van der Waals surface area contributed by atoms with Gasteiger partial charge in [-0.2, -0.15) is 0 Å². The van der Waals surface area contributed by atoms with Crippen LogP contribution in [0.2, 0.25) is 0 Å². The Balaban J connectivity index is 1.80. The first-order valence-electron chi connectivity index (χ1n) is 11.0. The summed E-state index contributed by atoms with van der Waals surface area (Å²) in [5, 5.41) is 3.68. The second-order valence-electron chi connectivity index (χ2n) is 9.37. The topological polar surface area (TPSA) is 48.0 Å². The molecule has 2 aliphatic rings. The molecule has 6 nitrogen and oxygen atoms in total. The van der Waals surface area contributed by atoms with Crippen LogP contribution in [0.5, 0.6) is 0 Å². The summed E-state index contributed by atoms with van der Waals surface area (Å²) in [5.41, 5.74) is 2.22. The van der Waals surface area contributed by atoms with Crippen molar-refractivity contribution in [3.05, 3.63) is 23.8 Å². The number of hydrogen-bond acceptors (Lipinski definition) is 6. The number of esters is 1. The number of anilines is 2. The van der Waals surface area contributed by atoms with Crippen LogP contribution in [0.25, 0.3) is 0 Å². The summed E-state index contributed by atoms with van der Waals surface area (Å²) in [4.78, 5) is 20.1. The maximum atomic E-state index is 12.9. The molecule has 1 N–H and O–H groups in total. The van der Waals surface area contributed by atoms with Crippen LogP contribution in [0.3, 0.4) is 0 Å². The number of piperazine rings is 1. The summed E-state index contributed by atoms with van der Waals surface area (Å²) in [6.07, 6.45) is 2.20. The SMILES string of the molecule is CCN1CCC(Nc2cc(N3CCN(C)CC3)ccc2C(=O)OC(C)(C)C)CC1. The molecule has 0 spiro atoms. The standard InChI is InChI=1S/C23H38N4O2/c1-6-26-11-9-18(10-12-26)24-21-17-19(27-15-13-25(5)14-16-27)7-8-20(21)22(28)29-23(2,3)4/h7-8,17-18,24H,6,9-16H2,1-5H3. The summed E-state index contributed by atoms with van der Waals surface area (Å²) in [6, 6.07) is 6.54. The van der Waals surface area contributed by atoms with Crippen LogP contribution in [0.1, 0.15) is 50.9 Å². The smallest absolute Gasteiger partial charge is 0.340 e. The molecule has 2 heterocycles. The van der Waals surface area contributed by atoms with Gasteiger partial charge < -0.3 is 24.8 Å². The number of nitrogens with zero attached hydrogens (tertiary/aromatic N) is 3. The maximum absolute atomic E-state index is 12.9. The van der Waals surface area contributed by atoms with E-state index >= 15 is 0 Å². The minimum absolute atomic E-state index is 0.254. The first-order chi connectivity index (χ1) is 13.7. The maximum Gasteiger partial charge on any atom is 0.340 e. The van der Waals surface area contributed by atoms with Crippen LogP contribution < -0.4 is 10.2 Å². The van der Waals surface area contributed by atoms with Gasteiger partial charge in [0.15, 0.2) is 0 Å². The van der Waals surface area contributed by atoms with E-state index in [0.717, 1.165) is 64.3 Å². The molecule has 29 heavy (non-hydrogen) atoms. The number of ether oxygens (including phenoxy) is 1. The van der Waals surface area contributed by atoms with E-state index < -0.39 is 5.60 Å². The predicted molar refractivity (Wildman–Crippen MR) is 120 cm³/mol. The van der Waals surface area contributed by atoms with Gasteiger partial charge in [-0.1, -0.05) is 6.92 Å². The molecule has 0 radical (unpaired) electrons. The van der Waals surface area contributed by atoms with Crippen LogP contribution in [0.4, 0.5) is 11.4 Å².